The lowest BCUT2D eigenvalue weighted by Crippen LogP contribution is -2.30. The van der Waals surface area contributed by atoms with E-state index in [1.54, 1.807) is 0 Å². The van der Waals surface area contributed by atoms with Gasteiger partial charge in [-0.3, -0.25) is 4.79 Å². The van der Waals surface area contributed by atoms with Crippen LogP contribution in [0, 0.1) is 0 Å². The Morgan fingerprint density at radius 3 is 2.75 bits per heavy atom. The number of thiophene rings is 1. The highest BCUT2D eigenvalue weighted by Gasteiger charge is 2.07. The monoisotopic (exact) mass is 243 g/mol. The van der Waals surface area contributed by atoms with E-state index in [4.69, 9.17) is 10.2 Å². The fourth-order valence-corrected chi connectivity index (χ4v) is 2.30. The van der Waals surface area contributed by atoms with Crippen LogP contribution >= 0.6 is 11.3 Å². The number of carbonyl (C=O) groups is 1. The zero-order valence-corrected chi connectivity index (χ0v) is 10.1. The number of rotatable bonds is 7. The van der Waals surface area contributed by atoms with Crippen LogP contribution < -0.4 is 5.32 Å². The average molecular weight is 243 g/mol. The Morgan fingerprint density at radius 2 is 2.19 bits per heavy atom. The summed E-state index contributed by atoms with van der Waals surface area (Å²) in [6.07, 6.45) is 0.964. The van der Waals surface area contributed by atoms with Gasteiger partial charge in [-0.25, -0.2) is 0 Å². The summed E-state index contributed by atoms with van der Waals surface area (Å²) >= 11 is 1.50. The maximum absolute atomic E-state index is 10.5. The predicted molar refractivity (Wildman–Crippen MR) is 63.7 cm³/mol. The second kappa shape index (κ2) is 6.62. The third kappa shape index (κ3) is 4.30. The van der Waals surface area contributed by atoms with E-state index < -0.39 is 5.97 Å². The molecule has 0 bridgehead atoms. The Hall–Kier alpha value is -0.910. The number of nitrogens with one attached hydrogen (secondary N) is 1. The van der Waals surface area contributed by atoms with Gasteiger partial charge >= 0.3 is 5.97 Å². The van der Waals surface area contributed by atoms with Crippen molar-refractivity contribution < 1.29 is 15.0 Å². The molecule has 0 saturated heterocycles. The van der Waals surface area contributed by atoms with E-state index >= 15 is 0 Å². The molecule has 1 atom stereocenters. The molecule has 4 nitrogen and oxygen atoms in total. The van der Waals surface area contributed by atoms with E-state index in [1.165, 1.54) is 11.3 Å². The predicted octanol–water partition coefficient (Wildman–Crippen LogP) is 1.24. The highest BCUT2D eigenvalue weighted by atomic mass is 32.1. The van der Waals surface area contributed by atoms with Crippen molar-refractivity contribution in [3.05, 3.63) is 21.9 Å². The number of aliphatic carboxylic acids is 1. The van der Waals surface area contributed by atoms with Crippen LogP contribution in [0.25, 0.3) is 0 Å². The van der Waals surface area contributed by atoms with Crippen LogP contribution in [0.1, 0.15) is 23.1 Å². The van der Waals surface area contributed by atoms with Gasteiger partial charge in [0.2, 0.25) is 0 Å². The molecule has 5 heteroatoms. The van der Waals surface area contributed by atoms with Crippen molar-refractivity contribution in [2.24, 2.45) is 0 Å². The molecule has 0 amide bonds. The lowest BCUT2D eigenvalue weighted by Gasteiger charge is -2.12. The van der Waals surface area contributed by atoms with Gasteiger partial charge in [0.05, 0.1) is 13.0 Å². The van der Waals surface area contributed by atoms with Crippen LogP contribution in [0.15, 0.2) is 12.1 Å². The Bertz CT molecular complexity index is 334. The SMILES string of the molecule is CC[C@H](CO)NCc1ccc(CC(=O)O)s1. The molecule has 1 aromatic heterocycles. The molecule has 0 aliphatic rings. The van der Waals surface area contributed by atoms with E-state index in [0.717, 1.165) is 16.2 Å². The average Bonchev–Trinajstić information content (AvgIpc) is 2.66. The molecule has 0 unspecified atom stereocenters. The minimum atomic E-state index is -0.803. The Balaban J connectivity index is 2.42. The second-order valence-electron chi connectivity index (χ2n) is 3.61. The van der Waals surface area contributed by atoms with E-state index in [2.05, 4.69) is 5.32 Å². The minimum absolute atomic E-state index is 0.0852. The molecule has 0 aliphatic heterocycles. The maximum atomic E-state index is 10.5. The highest BCUT2D eigenvalue weighted by Crippen LogP contribution is 2.17. The second-order valence-corrected chi connectivity index (χ2v) is 4.86. The zero-order chi connectivity index (χ0) is 12.0. The van der Waals surface area contributed by atoms with Crippen LogP contribution in [-0.4, -0.2) is 28.8 Å². The van der Waals surface area contributed by atoms with Crippen molar-refractivity contribution >= 4 is 17.3 Å². The first kappa shape index (κ1) is 13.2. The summed E-state index contributed by atoms with van der Waals surface area (Å²) in [6.45, 7) is 2.82. The van der Waals surface area contributed by atoms with Gasteiger partial charge in [-0.1, -0.05) is 6.92 Å². The molecule has 0 fully saturated rings. The van der Waals surface area contributed by atoms with Crippen LogP contribution in [-0.2, 0) is 17.8 Å². The molecule has 0 aromatic carbocycles. The van der Waals surface area contributed by atoms with Crippen LogP contribution in [0.2, 0.25) is 0 Å². The van der Waals surface area contributed by atoms with Gasteiger partial charge in [-0.15, -0.1) is 11.3 Å². The highest BCUT2D eigenvalue weighted by molar-refractivity contribution is 7.12. The molecule has 0 aliphatic carbocycles. The summed E-state index contributed by atoms with van der Waals surface area (Å²) in [5.74, 6) is -0.803. The maximum Gasteiger partial charge on any atom is 0.308 e. The lowest BCUT2D eigenvalue weighted by molar-refractivity contribution is -0.136. The molecule has 0 saturated carbocycles. The zero-order valence-electron chi connectivity index (χ0n) is 9.27. The van der Waals surface area contributed by atoms with Gasteiger partial charge in [0.15, 0.2) is 0 Å². The van der Waals surface area contributed by atoms with Gasteiger partial charge < -0.3 is 15.5 Å². The van der Waals surface area contributed by atoms with E-state index in [9.17, 15) is 4.79 Å². The molecule has 0 radical (unpaired) electrons. The van der Waals surface area contributed by atoms with Crippen LogP contribution in [0.4, 0.5) is 0 Å². The first-order valence-corrected chi connectivity index (χ1v) is 6.11. The Morgan fingerprint density at radius 1 is 1.50 bits per heavy atom. The third-order valence-corrected chi connectivity index (χ3v) is 3.41. The summed E-state index contributed by atoms with van der Waals surface area (Å²) in [4.78, 5) is 12.5. The van der Waals surface area contributed by atoms with Crippen molar-refractivity contribution in [3.8, 4) is 0 Å². The van der Waals surface area contributed by atoms with Crippen LogP contribution in [0.3, 0.4) is 0 Å². The van der Waals surface area contributed by atoms with E-state index in [0.29, 0.717) is 6.54 Å². The van der Waals surface area contributed by atoms with Gasteiger partial charge in [0.1, 0.15) is 0 Å². The number of carboxylic acid groups (broad SMARTS) is 1. The standard InChI is InChI=1S/C11H17NO3S/c1-2-8(7-13)12-6-10-4-3-9(16-10)5-11(14)15/h3-4,8,12-13H,2,5-7H2,1H3,(H,14,15)/t8-/m1/s1. The molecule has 3 N–H and O–H groups in total. The summed E-state index contributed by atoms with van der Waals surface area (Å²) in [7, 11) is 0. The smallest absolute Gasteiger partial charge is 0.308 e. The number of hydrogen-bond donors (Lipinski definition) is 3. The normalized spacial score (nSPS) is 12.6. The number of aliphatic hydroxyl groups is 1. The quantitative estimate of drug-likeness (QED) is 0.674. The molecular weight excluding hydrogens is 226 g/mol. The largest absolute Gasteiger partial charge is 0.481 e. The Kier molecular flexibility index (Phi) is 5.45. The number of aliphatic hydroxyl groups excluding tert-OH is 1. The van der Waals surface area contributed by atoms with Crippen molar-refractivity contribution in [1.82, 2.24) is 5.32 Å². The molecule has 1 rings (SSSR count). The van der Waals surface area contributed by atoms with E-state index in [1.807, 2.05) is 19.1 Å². The van der Waals surface area contributed by atoms with Gasteiger partial charge in [-0.2, -0.15) is 0 Å². The lowest BCUT2D eigenvalue weighted by atomic mass is 10.2. The summed E-state index contributed by atoms with van der Waals surface area (Å²) in [5, 5.41) is 20.8. The van der Waals surface area contributed by atoms with Crippen molar-refractivity contribution in [2.75, 3.05) is 6.61 Å². The van der Waals surface area contributed by atoms with Crippen molar-refractivity contribution in [1.29, 1.82) is 0 Å². The third-order valence-electron chi connectivity index (χ3n) is 2.32. The van der Waals surface area contributed by atoms with Crippen molar-refractivity contribution in [3.63, 3.8) is 0 Å². The molecule has 90 valence electrons. The molecular formula is C11H17NO3S. The Labute approximate surface area is 98.9 Å². The van der Waals surface area contributed by atoms with Crippen LogP contribution in [0.5, 0.6) is 0 Å². The fourth-order valence-electron chi connectivity index (χ4n) is 1.34. The fraction of sp³-hybridized carbons (Fsp3) is 0.545. The van der Waals surface area contributed by atoms with E-state index in [-0.39, 0.29) is 19.1 Å². The van der Waals surface area contributed by atoms with Crippen molar-refractivity contribution in [2.45, 2.75) is 32.4 Å². The molecule has 1 aromatic rings. The minimum Gasteiger partial charge on any atom is -0.481 e. The van der Waals surface area contributed by atoms with Gasteiger partial charge in [0, 0.05) is 22.3 Å². The topological polar surface area (TPSA) is 69.6 Å². The summed E-state index contributed by atoms with van der Waals surface area (Å²) in [5.41, 5.74) is 0. The molecule has 1 heterocycles. The summed E-state index contributed by atoms with van der Waals surface area (Å²) in [6, 6.07) is 3.89. The first-order chi connectivity index (χ1) is 7.65. The number of carboxylic acids is 1. The van der Waals surface area contributed by atoms with Gasteiger partial charge in [0.25, 0.3) is 0 Å². The summed E-state index contributed by atoms with van der Waals surface area (Å²) < 4.78 is 0. The van der Waals surface area contributed by atoms with Gasteiger partial charge in [-0.05, 0) is 18.6 Å². The molecule has 16 heavy (non-hydrogen) atoms. The number of hydrogen-bond acceptors (Lipinski definition) is 4. The molecule has 0 spiro atoms. The first-order valence-electron chi connectivity index (χ1n) is 5.29.